The van der Waals surface area contributed by atoms with Gasteiger partial charge < -0.3 is 10.6 Å². The van der Waals surface area contributed by atoms with Crippen LogP contribution in [0.4, 0.5) is 0 Å². The molecule has 1 atom stereocenters. The number of piperazine rings is 1. The molecule has 2 N–H and O–H groups in total. The van der Waals surface area contributed by atoms with Crippen LogP contribution in [0.25, 0.3) is 0 Å². The van der Waals surface area contributed by atoms with Gasteiger partial charge in [0.2, 0.25) is 0 Å². The Bertz CT molecular complexity index is 439. The summed E-state index contributed by atoms with van der Waals surface area (Å²) in [4.78, 5) is 2.61. The van der Waals surface area contributed by atoms with E-state index in [1.165, 1.54) is 24.9 Å². The SMILES string of the molecule is CC1(C)CNCC2(CCCN(Cc3ccccc3)C2)N1. The molecule has 0 amide bonds. The van der Waals surface area contributed by atoms with Crippen molar-refractivity contribution in [2.24, 2.45) is 0 Å². The van der Waals surface area contributed by atoms with Gasteiger partial charge >= 0.3 is 0 Å². The zero-order chi connectivity index (χ0) is 14.1. The van der Waals surface area contributed by atoms with Gasteiger partial charge in [0.25, 0.3) is 0 Å². The quantitative estimate of drug-likeness (QED) is 0.863. The van der Waals surface area contributed by atoms with Crippen LogP contribution in [0.1, 0.15) is 32.3 Å². The standard InChI is InChI=1S/C17H27N3/c1-16(2)12-18-13-17(19-16)9-6-10-20(14-17)11-15-7-4-3-5-8-15/h3-5,7-8,18-19H,6,9-14H2,1-2H3. The van der Waals surface area contributed by atoms with E-state index in [1.54, 1.807) is 0 Å². The first-order valence-electron chi connectivity index (χ1n) is 7.83. The number of benzene rings is 1. The predicted molar refractivity (Wildman–Crippen MR) is 83.8 cm³/mol. The molecule has 1 unspecified atom stereocenters. The van der Waals surface area contributed by atoms with E-state index < -0.39 is 0 Å². The molecule has 3 heteroatoms. The van der Waals surface area contributed by atoms with Crippen molar-refractivity contribution in [3.8, 4) is 0 Å². The fourth-order valence-corrected chi connectivity index (χ4v) is 3.87. The first-order chi connectivity index (χ1) is 9.57. The Hall–Kier alpha value is -0.900. The summed E-state index contributed by atoms with van der Waals surface area (Å²) < 4.78 is 0. The third-order valence-electron chi connectivity index (χ3n) is 4.54. The summed E-state index contributed by atoms with van der Waals surface area (Å²) in [6, 6.07) is 10.8. The van der Waals surface area contributed by atoms with Crippen LogP contribution >= 0.6 is 0 Å². The Morgan fingerprint density at radius 2 is 1.95 bits per heavy atom. The third-order valence-corrected chi connectivity index (χ3v) is 4.54. The molecule has 2 saturated heterocycles. The van der Waals surface area contributed by atoms with E-state index in [9.17, 15) is 0 Å². The van der Waals surface area contributed by atoms with Crippen molar-refractivity contribution in [3.63, 3.8) is 0 Å². The lowest BCUT2D eigenvalue weighted by molar-refractivity contribution is 0.0674. The maximum atomic E-state index is 3.92. The lowest BCUT2D eigenvalue weighted by atomic mass is 9.83. The molecule has 2 aliphatic heterocycles. The van der Waals surface area contributed by atoms with E-state index in [0.29, 0.717) is 0 Å². The van der Waals surface area contributed by atoms with Crippen LogP contribution in [-0.2, 0) is 6.54 Å². The Balaban J connectivity index is 1.67. The molecule has 2 aliphatic rings. The average molecular weight is 273 g/mol. The highest BCUT2D eigenvalue weighted by atomic mass is 15.2. The molecular weight excluding hydrogens is 246 g/mol. The van der Waals surface area contributed by atoms with Gasteiger partial charge in [-0.3, -0.25) is 4.90 Å². The summed E-state index contributed by atoms with van der Waals surface area (Å²) in [6.45, 7) is 10.2. The molecule has 1 aromatic carbocycles. The van der Waals surface area contributed by atoms with Gasteiger partial charge in [-0.25, -0.2) is 0 Å². The van der Waals surface area contributed by atoms with Crippen LogP contribution in [0.2, 0.25) is 0 Å². The van der Waals surface area contributed by atoms with E-state index in [2.05, 4.69) is 59.7 Å². The number of nitrogens with zero attached hydrogens (tertiary/aromatic N) is 1. The van der Waals surface area contributed by atoms with Crippen molar-refractivity contribution < 1.29 is 0 Å². The Morgan fingerprint density at radius 3 is 2.70 bits per heavy atom. The van der Waals surface area contributed by atoms with Crippen LogP contribution in [-0.4, -0.2) is 42.2 Å². The molecule has 2 fully saturated rings. The van der Waals surface area contributed by atoms with Gasteiger partial charge in [0, 0.05) is 37.3 Å². The van der Waals surface area contributed by atoms with E-state index in [1.807, 2.05) is 0 Å². The molecule has 0 aliphatic carbocycles. The number of piperidine rings is 1. The molecule has 0 bridgehead atoms. The van der Waals surface area contributed by atoms with Crippen molar-refractivity contribution in [2.45, 2.75) is 44.3 Å². The van der Waals surface area contributed by atoms with Crippen LogP contribution in [0.15, 0.2) is 30.3 Å². The summed E-state index contributed by atoms with van der Waals surface area (Å²) in [7, 11) is 0. The molecular formula is C17H27N3. The minimum Gasteiger partial charge on any atom is -0.313 e. The Labute approximate surface area is 122 Å². The Kier molecular flexibility index (Phi) is 3.85. The fourth-order valence-electron chi connectivity index (χ4n) is 3.87. The normalized spacial score (nSPS) is 30.5. The Morgan fingerprint density at radius 1 is 1.15 bits per heavy atom. The molecule has 20 heavy (non-hydrogen) atoms. The molecule has 1 aromatic rings. The van der Waals surface area contributed by atoms with Crippen LogP contribution in [0.5, 0.6) is 0 Å². The average Bonchev–Trinajstić information content (AvgIpc) is 2.38. The molecule has 3 nitrogen and oxygen atoms in total. The molecule has 110 valence electrons. The van der Waals surface area contributed by atoms with E-state index >= 15 is 0 Å². The van der Waals surface area contributed by atoms with Gasteiger partial charge in [0.05, 0.1) is 0 Å². The summed E-state index contributed by atoms with van der Waals surface area (Å²) in [6.07, 6.45) is 2.58. The van der Waals surface area contributed by atoms with Crippen LogP contribution in [0, 0.1) is 0 Å². The first-order valence-corrected chi connectivity index (χ1v) is 7.83. The lowest BCUT2D eigenvalue weighted by Crippen LogP contribution is -2.72. The van der Waals surface area contributed by atoms with Gasteiger partial charge in [-0.1, -0.05) is 30.3 Å². The highest BCUT2D eigenvalue weighted by Crippen LogP contribution is 2.27. The molecule has 3 rings (SSSR count). The van der Waals surface area contributed by atoms with Gasteiger partial charge in [0.1, 0.15) is 0 Å². The van der Waals surface area contributed by atoms with E-state index in [0.717, 1.165) is 26.2 Å². The molecule has 0 aromatic heterocycles. The molecule has 1 spiro atoms. The van der Waals surface area contributed by atoms with Gasteiger partial charge in [-0.15, -0.1) is 0 Å². The van der Waals surface area contributed by atoms with Gasteiger partial charge in [-0.2, -0.15) is 0 Å². The van der Waals surface area contributed by atoms with Crippen LogP contribution < -0.4 is 10.6 Å². The van der Waals surface area contributed by atoms with Crippen molar-refractivity contribution in [1.29, 1.82) is 0 Å². The zero-order valence-corrected chi connectivity index (χ0v) is 12.8. The molecule has 2 heterocycles. The monoisotopic (exact) mass is 273 g/mol. The maximum Gasteiger partial charge on any atom is 0.0439 e. The van der Waals surface area contributed by atoms with Gasteiger partial charge in [0.15, 0.2) is 0 Å². The van der Waals surface area contributed by atoms with Crippen molar-refractivity contribution in [1.82, 2.24) is 15.5 Å². The number of likely N-dealkylation sites (tertiary alicyclic amines) is 1. The maximum absolute atomic E-state index is 3.92. The molecule has 0 radical (unpaired) electrons. The minimum atomic E-state index is 0.202. The van der Waals surface area contributed by atoms with Crippen LogP contribution in [0.3, 0.4) is 0 Å². The topological polar surface area (TPSA) is 27.3 Å². The lowest BCUT2D eigenvalue weighted by Gasteiger charge is -2.51. The van der Waals surface area contributed by atoms with E-state index in [4.69, 9.17) is 0 Å². The number of hydrogen-bond acceptors (Lipinski definition) is 3. The first kappa shape index (κ1) is 14.1. The fraction of sp³-hybridized carbons (Fsp3) is 0.647. The molecule has 0 saturated carbocycles. The minimum absolute atomic E-state index is 0.202. The van der Waals surface area contributed by atoms with Gasteiger partial charge in [-0.05, 0) is 38.8 Å². The van der Waals surface area contributed by atoms with E-state index in [-0.39, 0.29) is 11.1 Å². The highest BCUT2D eigenvalue weighted by Gasteiger charge is 2.41. The predicted octanol–water partition coefficient (Wildman–Crippen LogP) is 1.99. The largest absolute Gasteiger partial charge is 0.313 e. The second-order valence-corrected chi connectivity index (χ2v) is 7.19. The second kappa shape index (κ2) is 5.47. The highest BCUT2D eigenvalue weighted by molar-refractivity contribution is 5.15. The van der Waals surface area contributed by atoms with Crippen molar-refractivity contribution in [3.05, 3.63) is 35.9 Å². The summed E-state index contributed by atoms with van der Waals surface area (Å²) in [5.41, 5.74) is 1.88. The second-order valence-electron chi connectivity index (χ2n) is 7.19. The number of hydrogen-bond donors (Lipinski definition) is 2. The third kappa shape index (κ3) is 3.22. The smallest absolute Gasteiger partial charge is 0.0439 e. The summed E-state index contributed by atoms with van der Waals surface area (Å²) >= 11 is 0. The zero-order valence-electron chi connectivity index (χ0n) is 12.8. The van der Waals surface area contributed by atoms with Crippen molar-refractivity contribution >= 4 is 0 Å². The summed E-state index contributed by atoms with van der Waals surface area (Å²) in [5.74, 6) is 0. The number of nitrogens with one attached hydrogen (secondary N) is 2. The number of rotatable bonds is 2. The summed E-state index contributed by atoms with van der Waals surface area (Å²) in [5, 5.41) is 7.55. The van der Waals surface area contributed by atoms with Crippen molar-refractivity contribution in [2.75, 3.05) is 26.2 Å².